The summed E-state index contributed by atoms with van der Waals surface area (Å²) in [6.45, 7) is 5.63. The lowest BCUT2D eigenvalue weighted by Crippen LogP contribution is -2.26. The molecule has 25 heavy (non-hydrogen) atoms. The molecule has 0 saturated heterocycles. The molecule has 1 amide bonds. The summed E-state index contributed by atoms with van der Waals surface area (Å²) in [5.41, 5.74) is 5.49. The first-order valence-electron chi connectivity index (χ1n) is 7.75. The summed E-state index contributed by atoms with van der Waals surface area (Å²) in [4.78, 5) is 11.8. The Balaban J connectivity index is 1.90. The molecule has 130 valence electrons. The number of anilines is 1. The number of allylic oxidation sites excluding steroid dienone is 1. The van der Waals surface area contributed by atoms with Crippen LogP contribution in [0.5, 0.6) is 5.75 Å². The fourth-order valence-corrected chi connectivity index (χ4v) is 2.48. The molecule has 6 heteroatoms. The number of carbonyl (C=O) groups is 1. The van der Waals surface area contributed by atoms with Crippen LogP contribution in [0.2, 0.25) is 5.02 Å². The van der Waals surface area contributed by atoms with E-state index in [0.717, 1.165) is 16.8 Å². The Kier molecular flexibility index (Phi) is 6.60. The minimum atomic E-state index is -0.299. The van der Waals surface area contributed by atoms with E-state index in [1.165, 1.54) is 6.21 Å². The van der Waals surface area contributed by atoms with Gasteiger partial charge in [0, 0.05) is 16.3 Å². The SMILES string of the molecule is C=CCc1cccc(C=NNC(=O)CNc2ccc(Cl)cc2C)c1O. The summed E-state index contributed by atoms with van der Waals surface area (Å²) in [5, 5.41) is 17.7. The van der Waals surface area contributed by atoms with Crippen molar-refractivity contribution in [1.82, 2.24) is 5.43 Å². The van der Waals surface area contributed by atoms with Crippen LogP contribution in [0.1, 0.15) is 16.7 Å². The first kappa shape index (κ1) is 18.5. The number of hydrogen-bond donors (Lipinski definition) is 3. The van der Waals surface area contributed by atoms with Gasteiger partial charge in [0.1, 0.15) is 5.75 Å². The van der Waals surface area contributed by atoms with Crippen LogP contribution in [-0.4, -0.2) is 23.8 Å². The molecular formula is C19H20ClN3O2. The maximum atomic E-state index is 11.8. The molecule has 0 unspecified atom stereocenters. The molecule has 0 radical (unpaired) electrons. The number of nitrogens with one attached hydrogen (secondary N) is 2. The highest BCUT2D eigenvalue weighted by molar-refractivity contribution is 6.30. The van der Waals surface area contributed by atoms with E-state index >= 15 is 0 Å². The van der Waals surface area contributed by atoms with Crippen LogP contribution in [0, 0.1) is 6.92 Å². The molecular weight excluding hydrogens is 338 g/mol. The Bertz CT molecular complexity index is 803. The first-order valence-corrected chi connectivity index (χ1v) is 8.12. The van der Waals surface area contributed by atoms with Crippen molar-refractivity contribution in [2.24, 2.45) is 5.10 Å². The van der Waals surface area contributed by atoms with Crippen LogP contribution >= 0.6 is 11.6 Å². The third kappa shape index (κ3) is 5.36. The van der Waals surface area contributed by atoms with Crippen LogP contribution in [0.3, 0.4) is 0 Å². The van der Waals surface area contributed by atoms with Crippen molar-refractivity contribution >= 4 is 29.4 Å². The van der Waals surface area contributed by atoms with Crippen molar-refractivity contribution in [2.75, 3.05) is 11.9 Å². The highest BCUT2D eigenvalue weighted by atomic mass is 35.5. The first-order chi connectivity index (χ1) is 12.0. The molecule has 0 aliphatic rings. The second kappa shape index (κ2) is 8.89. The number of hydrogen-bond acceptors (Lipinski definition) is 4. The number of phenols is 1. The molecule has 0 heterocycles. The van der Waals surface area contributed by atoms with Crippen LogP contribution in [-0.2, 0) is 11.2 Å². The Morgan fingerprint density at radius 2 is 2.16 bits per heavy atom. The Morgan fingerprint density at radius 1 is 1.36 bits per heavy atom. The smallest absolute Gasteiger partial charge is 0.259 e. The van der Waals surface area contributed by atoms with E-state index in [0.29, 0.717) is 17.0 Å². The van der Waals surface area contributed by atoms with Gasteiger partial charge < -0.3 is 10.4 Å². The summed E-state index contributed by atoms with van der Waals surface area (Å²) < 4.78 is 0. The molecule has 0 aromatic heterocycles. The summed E-state index contributed by atoms with van der Waals surface area (Å²) >= 11 is 5.90. The number of aryl methyl sites for hydroxylation is 1. The molecule has 0 atom stereocenters. The topological polar surface area (TPSA) is 73.7 Å². The Labute approximate surface area is 152 Å². The maximum Gasteiger partial charge on any atom is 0.259 e. The Morgan fingerprint density at radius 3 is 2.88 bits per heavy atom. The van der Waals surface area contributed by atoms with Crippen LogP contribution in [0.15, 0.2) is 54.2 Å². The second-order valence-corrected chi connectivity index (χ2v) is 5.89. The minimum absolute atomic E-state index is 0.0717. The molecule has 2 aromatic carbocycles. The van der Waals surface area contributed by atoms with Gasteiger partial charge in [-0.15, -0.1) is 6.58 Å². The van der Waals surface area contributed by atoms with E-state index in [-0.39, 0.29) is 18.2 Å². The lowest BCUT2D eigenvalue weighted by atomic mass is 10.1. The van der Waals surface area contributed by atoms with E-state index in [1.54, 1.807) is 18.2 Å². The van der Waals surface area contributed by atoms with E-state index < -0.39 is 0 Å². The van der Waals surface area contributed by atoms with E-state index in [1.807, 2.05) is 31.2 Å². The number of hydrazone groups is 1. The third-order valence-corrected chi connectivity index (χ3v) is 3.77. The zero-order valence-corrected chi connectivity index (χ0v) is 14.7. The number of aromatic hydroxyl groups is 1. The number of benzene rings is 2. The summed E-state index contributed by atoms with van der Waals surface area (Å²) in [6.07, 6.45) is 3.68. The van der Waals surface area contributed by atoms with E-state index in [9.17, 15) is 9.90 Å². The van der Waals surface area contributed by atoms with E-state index in [4.69, 9.17) is 11.6 Å². The zero-order valence-electron chi connectivity index (χ0n) is 13.9. The molecule has 3 N–H and O–H groups in total. The van der Waals surface area contributed by atoms with Crippen LogP contribution in [0.4, 0.5) is 5.69 Å². The van der Waals surface area contributed by atoms with Crippen LogP contribution in [0.25, 0.3) is 0 Å². The van der Waals surface area contributed by atoms with Gasteiger partial charge in [-0.25, -0.2) is 5.43 Å². The number of nitrogens with zero attached hydrogens (tertiary/aromatic N) is 1. The van der Waals surface area contributed by atoms with Crippen molar-refractivity contribution in [2.45, 2.75) is 13.3 Å². The lowest BCUT2D eigenvalue weighted by Gasteiger charge is -2.09. The average molecular weight is 358 g/mol. The quantitative estimate of drug-likeness (QED) is 0.402. The van der Waals surface area contributed by atoms with Gasteiger partial charge in [0.25, 0.3) is 5.91 Å². The molecule has 0 fully saturated rings. The average Bonchev–Trinajstić information content (AvgIpc) is 2.57. The minimum Gasteiger partial charge on any atom is -0.507 e. The molecule has 0 aliphatic carbocycles. The monoisotopic (exact) mass is 357 g/mol. The molecule has 0 bridgehead atoms. The zero-order chi connectivity index (χ0) is 18.2. The fourth-order valence-electron chi connectivity index (χ4n) is 2.25. The van der Waals surface area contributed by atoms with Crippen molar-refractivity contribution in [3.63, 3.8) is 0 Å². The predicted molar refractivity (Wildman–Crippen MR) is 102 cm³/mol. The number of carbonyl (C=O) groups excluding carboxylic acids is 1. The highest BCUT2D eigenvalue weighted by Gasteiger charge is 2.05. The van der Waals surface area contributed by atoms with Crippen molar-refractivity contribution in [1.29, 1.82) is 0 Å². The highest BCUT2D eigenvalue weighted by Crippen LogP contribution is 2.21. The van der Waals surface area contributed by atoms with Crippen molar-refractivity contribution in [3.05, 3.63) is 70.8 Å². The number of halogens is 1. The number of rotatable bonds is 7. The normalized spacial score (nSPS) is 10.6. The largest absolute Gasteiger partial charge is 0.507 e. The van der Waals surface area contributed by atoms with Gasteiger partial charge >= 0.3 is 0 Å². The fraction of sp³-hybridized carbons (Fsp3) is 0.158. The van der Waals surface area contributed by atoms with Crippen molar-refractivity contribution < 1.29 is 9.90 Å². The molecule has 0 spiro atoms. The molecule has 2 aromatic rings. The standard InChI is InChI=1S/C19H20ClN3O2/c1-3-5-14-6-4-7-15(19(14)25)11-22-23-18(24)12-21-17-9-8-16(20)10-13(17)2/h3-4,6-11,21,25H,1,5,12H2,2H3,(H,23,24). The molecule has 5 nitrogen and oxygen atoms in total. The van der Waals surface area contributed by atoms with Gasteiger partial charge in [0.05, 0.1) is 12.8 Å². The van der Waals surface area contributed by atoms with Gasteiger partial charge in [-0.3, -0.25) is 4.79 Å². The van der Waals surface area contributed by atoms with Gasteiger partial charge in [-0.2, -0.15) is 5.10 Å². The third-order valence-electron chi connectivity index (χ3n) is 3.54. The second-order valence-electron chi connectivity index (χ2n) is 5.45. The summed E-state index contributed by atoms with van der Waals surface area (Å²) in [6, 6.07) is 10.7. The van der Waals surface area contributed by atoms with Gasteiger partial charge in [-0.1, -0.05) is 29.8 Å². The molecule has 0 aliphatic heterocycles. The summed E-state index contributed by atoms with van der Waals surface area (Å²) in [5.74, 6) is -0.164. The van der Waals surface area contributed by atoms with Gasteiger partial charge in [0.2, 0.25) is 0 Å². The maximum absolute atomic E-state index is 11.8. The van der Waals surface area contributed by atoms with Gasteiger partial charge in [-0.05, 0) is 48.7 Å². The molecule has 2 rings (SSSR count). The Hall–Kier alpha value is -2.79. The number of phenolic OH excluding ortho intramolecular Hbond substituents is 1. The van der Waals surface area contributed by atoms with Crippen molar-refractivity contribution in [3.8, 4) is 5.75 Å². The number of amides is 1. The van der Waals surface area contributed by atoms with Crippen LogP contribution < -0.4 is 10.7 Å². The summed E-state index contributed by atoms with van der Waals surface area (Å²) in [7, 11) is 0. The predicted octanol–water partition coefficient (Wildman–Crippen LogP) is 3.64. The van der Waals surface area contributed by atoms with E-state index in [2.05, 4.69) is 22.4 Å². The lowest BCUT2D eigenvalue weighted by molar-refractivity contribution is -0.119. The van der Waals surface area contributed by atoms with Gasteiger partial charge in [0.15, 0.2) is 0 Å². The molecule has 0 saturated carbocycles. The number of para-hydroxylation sites is 1.